The standard InChI is InChI=1S/C13H21NO2/c1-13(2,3)10-5-4-6-12(7-10)16-9-11(15)8-14/h4-7,11,15H,8-9,14H2,1-3H3. The van der Waals surface area contributed by atoms with E-state index in [1.165, 1.54) is 5.56 Å². The van der Waals surface area contributed by atoms with Crippen LogP contribution in [0.25, 0.3) is 0 Å². The highest BCUT2D eigenvalue weighted by Crippen LogP contribution is 2.25. The molecule has 0 saturated heterocycles. The van der Waals surface area contributed by atoms with Crippen LogP contribution in [0, 0.1) is 0 Å². The number of nitrogens with two attached hydrogens (primary N) is 1. The van der Waals surface area contributed by atoms with E-state index in [2.05, 4.69) is 26.8 Å². The average Bonchev–Trinajstić information content (AvgIpc) is 2.25. The molecular weight excluding hydrogens is 202 g/mol. The monoisotopic (exact) mass is 223 g/mol. The topological polar surface area (TPSA) is 55.5 Å². The zero-order valence-electron chi connectivity index (χ0n) is 10.2. The minimum absolute atomic E-state index is 0.103. The lowest BCUT2D eigenvalue weighted by Gasteiger charge is -2.20. The predicted octanol–water partition coefficient (Wildman–Crippen LogP) is 1.68. The third kappa shape index (κ3) is 3.83. The summed E-state index contributed by atoms with van der Waals surface area (Å²) in [4.78, 5) is 0. The molecule has 0 saturated carbocycles. The largest absolute Gasteiger partial charge is 0.491 e. The van der Waals surface area contributed by atoms with Crippen LogP contribution < -0.4 is 10.5 Å². The van der Waals surface area contributed by atoms with E-state index in [0.717, 1.165) is 5.75 Å². The van der Waals surface area contributed by atoms with E-state index >= 15 is 0 Å². The molecule has 1 rings (SSSR count). The first-order valence-electron chi connectivity index (χ1n) is 5.55. The summed E-state index contributed by atoms with van der Waals surface area (Å²) in [6.07, 6.45) is -0.599. The number of ether oxygens (including phenoxy) is 1. The highest BCUT2D eigenvalue weighted by Gasteiger charge is 2.14. The maximum absolute atomic E-state index is 9.30. The van der Waals surface area contributed by atoms with Crippen molar-refractivity contribution in [2.75, 3.05) is 13.2 Å². The third-order valence-electron chi connectivity index (χ3n) is 2.41. The van der Waals surface area contributed by atoms with Crippen molar-refractivity contribution in [1.82, 2.24) is 0 Å². The fourth-order valence-electron chi connectivity index (χ4n) is 1.31. The second-order valence-electron chi connectivity index (χ2n) is 4.98. The molecule has 1 aromatic rings. The number of aliphatic hydroxyl groups is 1. The van der Waals surface area contributed by atoms with Gasteiger partial charge in [-0.2, -0.15) is 0 Å². The van der Waals surface area contributed by atoms with Crippen molar-refractivity contribution in [3.8, 4) is 5.75 Å². The van der Waals surface area contributed by atoms with Crippen LogP contribution in [0.5, 0.6) is 5.75 Å². The summed E-state index contributed by atoms with van der Waals surface area (Å²) in [5.41, 5.74) is 6.62. The average molecular weight is 223 g/mol. The molecule has 0 spiro atoms. The van der Waals surface area contributed by atoms with Gasteiger partial charge in [0.1, 0.15) is 18.5 Å². The molecule has 0 amide bonds. The molecule has 1 unspecified atom stereocenters. The highest BCUT2D eigenvalue weighted by molar-refractivity contribution is 5.32. The molecule has 0 aromatic heterocycles. The molecule has 0 fully saturated rings. The maximum atomic E-state index is 9.30. The van der Waals surface area contributed by atoms with Gasteiger partial charge in [-0.1, -0.05) is 32.9 Å². The van der Waals surface area contributed by atoms with E-state index in [9.17, 15) is 5.11 Å². The lowest BCUT2D eigenvalue weighted by molar-refractivity contribution is 0.114. The highest BCUT2D eigenvalue weighted by atomic mass is 16.5. The fraction of sp³-hybridized carbons (Fsp3) is 0.538. The first kappa shape index (κ1) is 13.0. The molecule has 0 radical (unpaired) electrons. The van der Waals surface area contributed by atoms with Gasteiger partial charge in [-0.25, -0.2) is 0 Å². The van der Waals surface area contributed by atoms with E-state index < -0.39 is 6.10 Å². The van der Waals surface area contributed by atoms with Gasteiger partial charge < -0.3 is 15.6 Å². The summed E-state index contributed by atoms with van der Waals surface area (Å²) >= 11 is 0. The summed E-state index contributed by atoms with van der Waals surface area (Å²) in [6.45, 7) is 6.92. The summed E-state index contributed by atoms with van der Waals surface area (Å²) in [7, 11) is 0. The lowest BCUT2D eigenvalue weighted by atomic mass is 9.87. The van der Waals surface area contributed by atoms with Crippen molar-refractivity contribution in [2.45, 2.75) is 32.3 Å². The van der Waals surface area contributed by atoms with Crippen LogP contribution >= 0.6 is 0 Å². The van der Waals surface area contributed by atoms with Crippen LogP contribution in [0.1, 0.15) is 26.3 Å². The normalized spacial score (nSPS) is 13.6. The molecule has 0 bridgehead atoms. The van der Waals surface area contributed by atoms with Crippen molar-refractivity contribution in [2.24, 2.45) is 5.73 Å². The van der Waals surface area contributed by atoms with Gasteiger partial charge in [-0.15, -0.1) is 0 Å². The minimum atomic E-state index is -0.599. The number of aliphatic hydroxyl groups excluding tert-OH is 1. The van der Waals surface area contributed by atoms with Gasteiger partial charge in [-0.3, -0.25) is 0 Å². The number of hydrogen-bond acceptors (Lipinski definition) is 3. The first-order valence-corrected chi connectivity index (χ1v) is 5.55. The van der Waals surface area contributed by atoms with Gasteiger partial charge in [0.15, 0.2) is 0 Å². The summed E-state index contributed by atoms with van der Waals surface area (Å²) in [5.74, 6) is 0.778. The number of benzene rings is 1. The van der Waals surface area contributed by atoms with E-state index in [4.69, 9.17) is 10.5 Å². The van der Waals surface area contributed by atoms with Crippen molar-refractivity contribution >= 4 is 0 Å². The van der Waals surface area contributed by atoms with Crippen LogP contribution in [0.4, 0.5) is 0 Å². The van der Waals surface area contributed by atoms with Gasteiger partial charge in [0, 0.05) is 6.54 Å². The van der Waals surface area contributed by atoms with Crippen molar-refractivity contribution < 1.29 is 9.84 Å². The van der Waals surface area contributed by atoms with Crippen LogP contribution in [-0.2, 0) is 5.41 Å². The van der Waals surface area contributed by atoms with Crippen molar-refractivity contribution in [3.05, 3.63) is 29.8 Å². The lowest BCUT2D eigenvalue weighted by Crippen LogP contribution is -2.26. The van der Waals surface area contributed by atoms with Gasteiger partial charge >= 0.3 is 0 Å². The van der Waals surface area contributed by atoms with Gasteiger partial charge in [-0.05, 0) is 23.1 Å². The molecule has 3 heteroatoms. The molecule has 90 valence electrons. The molecule has 3 nitrogen and oxygen atoms in total. The third-order valence-corrected chi connectivity index (χ3v) is 2.41. The Morgan fingerprint density at radius 1 is 1.38 bits per heavy atom. The van der Waals surface area contributed by atoms with Crippen LogP contribution in [0.2, 0.25) is 0 Å². The SMILES string of the molecule is CC(C)(C)c1cccc(OCC(O)CN)c1. The molecule has 0 aliphatic carbocycles. The Bertz CT molecular complexity index is 331. The predicted molar refractivity (Wildman–Crippen MR) is 65.7 cm³/mol. The Labute approximate surface area is 97.2 Å². The number of rotatable bonds is 4. The maximum Gasteiger partial charge on any atom is 0.119 e. The molecule has 3 N–H and O–H groups in total. The molecule has 1 aromatic carbocycles. The molecule has 1 atom stereocenters. The van der Waals surface area contributed by atoms with Crippen molar-refractivity contribution in [3.63, 3.8) is 0 Å². The Morgan fingerprint density at radius 2 is 2.06 bits per heavy atom. The molecule has 16 heavy (non-hydrogen) atoms. The smallest absolute Gasteiger partial charge is 0.119 e. The summed E-state index contributed by atoms with van der Waals surface area (Å²) in [5, 5.41) is 9.30. The molecule has 0 aliphatic rings. The first-order chi connectivity index (χ1) is 7.43. The van der Waals surface area contributed by atoms with Crippen LogP contribution in [0.3, 0.4) is 0 Å². The Hall–Kier alpha value is -1.06. The Balaban J connectivity index is 2.68. The van der Waals surface area contributed by atoms with Crippen LogP contribution in [0.15, 0.2) is 24.3 Å². The second kappa shape index (κ2) is 5.32. The van der Waals surface area contributed by atoms with E-state index in [1.807, 2.05) is 18.2 Å². The molecular formula is C13H21NO2. The zero-order valence-corrected chi connectivity index (χ0v) is 10.2. The Morgan fingerprint density at radius 3 is 2.62 bits per heavy atom. The van der Waals surface area contributed by atoms with Crippen molar-refractivity contribution in [1.29, 1.82) is 0 Å². The second-order valence-corrected chi connectivity index (χ2v) is 4.98. The number of hydrogen-bond donors (Lipinski definition) is 2. The van der Waals surface area contributed by atoms with E-state index in [0.29, 0.717) is 0 Å². The zero-order chi connectivity index (χ0) is 12.2. The summed E-state index contributed by atoms with van der Waals surface area (Å²) < 4.78 is 5.46. The summed E-state index contributed by atoms with van der Waals surface area (Å²) in [6, 6.07) is 7.93. The minimum Gasteiger partial charge on any atom is -0.491 e. The van der Waals surface area contributed by atoms with E-state index in [1.54, 1.807) is 0 Å². The fourth-order valence-corrected chi connectivity index (χ4v) is 1.31. The Kier molecular flexibility index (Phi) is 4.33. The van der Waals surface area contributed by atoms with Gasteiger partial charge in [0.25, 0.3) is 0 Å². The molecule has 0 aliphatic heterocycles. The van der Waals surface area contributed by atoms with E-state index in [-0.39, 0.29) is 18.6 Å². The quantitative estimate of drug-likeness (QED) is 0.816. The van der Waals surface area contributed by atoms with Gasteiger partial charge in [0.2, 0.25) is 0 Å². The molecule has 0 heterocycles. The van der Waals surface area contributed by atoms with Crippen LogP contribution in [-0.4, -0.2) is 24.4 Å². The van der Waals surface area contributed by atoms with Gasteiger partial charge in [0.05, 0.1) is 0 Å².